The molecule has 0 aromatic heterocycles. The fraction of sp³-hybridized carbons (Fsp3) is 0.278. The molecule has 0 saturated carbocycles. The first-order valence-corrected chi connectivity index (χ1v) is 17.4. The van der Waals surface area contributed by atoms with Crippen LogP contribution in [0.2, 0.25) is 0 Å². The zero-order valence-corrected chi connectivity index (χ0v) is 28.3. The topological polar surface area (TPSA) is 86.8 Å². The van der Waals surface area contributed by atoms with Crippen LogP contribution < -0.4 is 9.62 Å². The van der Waals surface area contributed by atoms with Gasteiger partial charge in [0.2, 0.25) is 11.8 Å². The SMILES string of the molecule is CCCNC(=O)[C@H](Cc1ccccc1)N(Cc1ccc(Br)cc1)C(=O)CN(c1ccc(C(C)C)cc1)S(=O)(=O)c1ccccc1. The van der Waals surface area contributed by atoms with E-state index in [4.69, 9.17) is 0 Å². The van der Waals surface area contributed by atoms with Crippen LogP contribution in [0.5, 0.6) is 0 Å². The number of halogens is 1. The van der Waals surface area contributed by atoms with Gasteiger partial charge in [-0.1, -0.05) is 109 Å². The third-order valence-electron chi connectivity index (χ3n) is 7.54. The van der Waals surface area contributed by atoms with Gasteiger partial charge in [-0.25, -0.2) is 8.42 Å². The van der Waals surface area contributed by atoms with Crippen molar-refractivity contribution in [2.45, 2.75) is 57.0 Å². The largest absolute Gasteiger partial charge is 0.354 e. The van der Waals surface area contributed by atoms with Gasteiger partial charge in [-0.3, -0.25) is 13.9 Å². The van der Waals surface area contributed by atoms with Crippen LogP contribution in [0, 0.1) is 0 Å². The summed E-state index contributed by atoms with van der Waals surface area (Å²) < 4.78 is 30.3. The van der Waals surface area contributed by atoms with E-state index in [1.807, 2.05) is 73.7 Å². The van der Waals surface area contributed by atoms with Crippen LogP contribution in [0.15, 0.2) is 119 Å². The molecule has 0 radical (unpaired) electrons. The Balaban J connectivity index is 1.79. The number of carbonyl (C=O) groups excluding carboxylic acids is 2. The molecule has 2 amide bonds. The third-order valence-corrected chi connectivity index (χ3v) is 9.86. The minimum absolute atomic E-state index is 0.0757. The normalized spacial score (nSPS) is 12.0. The lowest BCUT2D eigenvalue weighted by Crippen LogP contribution is -2.53. The Morgan fingerprint density at radius 1 is 0.800 bits per heavy atom. The minimum atomic E-state index is -4.13. The van der Waals surface area contributed by atoms with Crippen LogP contribution in [-0.2, 0) is 32.6 Å². The molecular formula is C36H40BrN3O4S. The summed E-state index contributed by atoms with van der Waals surface area (Å²) >= 11 is 3.46. The second kappa shape index (κ2) is 15.9. The Bertz CT molecular complexity index is 1650. The first-order chi connectivity index (χ1) is 21.6. The Morgan fingerprint density at radius 3 is 1.98 bits per heavy atom. The first-order valence-electron chi connectivity index (χ1n) is 15.1. The van der Waals surface area contributed by atoms with Gasteiger partial charge in [-0.05, 0) is 65.4 Å². The lowest BCUT2D eigenvalue weighted by atomic mass is 10.0. The molecule has 9 heteroatoms. The highest BCUT2D eigenvalue weighted by molar-refractivity contribution is 9.10. The molecule has 0 aliphatic rings. The number of carbonyl (C=O) groups is 2. The van der Waals surface area contributed by atoms with Crippen molar-refractivity contribution in [3.63, 3.8) is 0 Å². The van der Waals surface area contributed by atoms with Crippen molar-refractivity contribution in [3.8, 4) is 0 Å². The summed E-state index contributed by atoms with van der Waals surface area (Å²) in [6.07, 6.45) is 1.01. The van der Waals surface area contributed by atoms with Crippen LogP contribution in [0.3, 0.4) is 0 Å². The van der Waals surface area contributed by atoms with Crippen molar-refractivity contribution in [2.24, 2.45) is 0 Å². The molecule has 4 aromatic rings. The van der Waals surface area contributed by atoms with Crippen LogP contribution in [0.1, 0.15) is 49.8 Å². The molecule has 0 bridgehead atoms. The van der Waals surface area contributed by atoms with Gasteiger partial charge >= 0.3 is 0 Å². The smallest absolute Gasteiger partial charge is 0.264 e. The molecule has 7 nitrogen and oxygen atoms in total. The van der Waals surface area contributed by atoms with E-state index >= 15 is 0 Å². The van der Waals surface area contributed by atoms with Crippen molar-refractivity contribution in [2.75, 3.05) is 17.4 Å². The van der Waals surface area contributed by atoms with E-state index in [1.165, 1.54) is 17.0 Å². The molecule has 4 aromatic carbocycles. The average Bonchev–Trinajstić information content (AvgIpc) is 3.05. The molecule has 0 aliphatic heterocycles. The zero-order chi connectivity index (χ0) is 32.4. The summed E-state index contributed by atoms with van der Waals surface area (Å²) in [5, 5.41) is 2.97. The van der Waals surface area contributed by atoms with Gasteiger partial charge in [0.15, 0.2) is 0 Å². The highest BCUT2D eigenvalue weighted by atomic mass is 79.9. The monoisotopic (exact) mass is 689 g/mol. The number of sulfonamides is 1. The second-order valence-electron chi connectivity index (χ2n) is 11.2. The predicted octanol–water partition coefficient (Wildman–Crippen LogP) is 6.93. The van der Waals surface area contributed by atoms with Gasteiger partial charge in [0.05, 0.1) is 10.6 Å². The molecule has 1 N–H and O–H groups in total. The van der Waals surface area contributed by atoms with Crippen molar-refractivity contribution in [1.82, 2.24) is 10.2 Å². The first kappa shape index (κ1) is 33.9. The lowest BCUT2D eigenvalue weighted by molar-refractivity contribution is -0.140. The predicted molar refractivity (Wildman–Crippen MR) is 183 cm³/mol. The maximum absolute atomic E-state index is 14.5. The average molecular weight is 691 g/mol. The van der Waals surface area contributed by atoms with E-state index in [0.29, 0.717) is 12.2 Å². The molecule has 0 spiro atoms. The van der Waals surface area contributed by atoms with Crippen molar-refractivity contribution >= 4 is 43.5 Å². The van der Waals surface area contributed by atoms with Crippen molar-refractivity contribution in [3.05, 3.63) is 130 Å². The molecule has 0 saturated heterocycles. The highest BCUT2D eigenvalue weighted by Crippen LogP contribution is 2.27. The Hall–Kier alpha value is -3.95. The van der Waals surface area contributed by atoms with E-state index in [9.17, 15) is 18.0 Å². The summed E-state index contributed by atoms with van der Waals surface area (Å²) in [4.78, 5) is 29.8. The van der Waals surface area contributed by atoms with Gasteiger partial charge in [-0.15, -0.1) is 0 Å². The zero-order valence-electron chi connectivity index (χ0n) is 25.9. The fourth-order valence-electron chi connectivity index (χ4n) is 4.98. The number of amides is 2. The molecule has 0 unspecified atom stereocenters. The number of anilines is 1. The van der Waals surface area contributed by atoms with E-state index in [0.717, 1.165) is 31.9 Å². The maximum Gasteiger partial charge on any atom is 0.264 e. The van der Waals surface area contributed by atoms with Crippen LogP contribution in [-0.4, -0.2) is 44.3 Å². The van der Waals surface area contributed by atoms with E-state index in [2.05, 4.69) is 35.1 Å². The number of rotatable bonds is 14. The summed E-state index contributed by atoms with van der Waals surface area (Å²) in [6.45, 7) is 6.19. The third kappa shape index (κ3) is 9.05. The number of hydrogen-bond donors (Lipinski definition) is 1. The van der Waals surface area contributed by atoms with Gasteiger partial charge < -0.3 is 10.2 Å². The molecule has 236 valence electrons. The van der Waals surface area contributed by atoms with Gasteiger partial charge in [0, 0.05) is 24.0 Å². The summed E-state index contributed by atoms with van der Waals surface area (Å²) in [5.74, 6) is -0.524. The summed E-state index contributed by atoms with van der Waals surface area (Å²) in [6, 6.07) is 31.5. The second-order valence-corrected chi connectivity index (χ2v) is 14.0. The Labute approximate surface area is 275 Å². The summed E-state index contributed by atoms with van der Waals surface area (Å²) in [5.41, 5.74) is 3.12. The van der Waals surface area contributed by atoms with Gasteiger partial charge in [-0.2, -0.15) is 0 Å². The number of benzene rings is 4. The number of nitrogens with zero attached hydrogens (tertiary/aromatic N) is 2. The molecular weight excluding hydrogens is 650 g/mol. The van der Waals surface area contributed by atoms with E-state index < -0.39 is 28.5 Å². The van der Waals surface area contributed by atoms with Crippen LogP contribution in [0.25, 0.3) is 0 Å². The Kier molecular flexibility index (Phi) is 12.0. The van der Waals surface area contributed by atoms with Crippen molar-refractivity contribution in [1.29, 1.82) is 0 Å². The lowest BCUT2D eigenvalue weighted by Gasteiger charge is -2.34. The molecule has 0 heterocycles. The van der Waals surface area contributed by atoms with E-state index in [-0.39, 0.29) is 29.7 Å². The van der Waals surface area contributed by atoms with Crippen LogP contribution >= 0.6 is 15.9 Å². The standard InChI is InChI=1S/C36H40BrN3O4S/c1-4-23-38-36(42)34(24-28-11-7-5-8-12-28)39(25-29-15-19-31(37)20-16-29)35(41)26-40(32-21-17-30(18-22-32)27(2)3)45(43,44)33-13-9-6-10-14-33/h5-22,27,34H,4,23-26H2,1-3H3,(H,38,42)/t34-/m0/s1. The maximum atomic E-state index is 14.5. The number of nitrogens with one attached hydrogen (secondary N) is 1. The molecule has 0 aliphatic carbocycles. The fourth-order valence-corrected chi connectivity index (χ4v) is 6.68. The molecule has 1 atom stereocenters. The Morgan fingerprint density at radius 2 is 1.40 bits per heavy atom. The molecule has 0 fully saturated rings. The quantitative estimate of drug-likeness (QED) is 0.156. The molecule has 4 rings (SSSR count). The number of hydrogen-bond acceptors (Lipinski definition) is 4. The highest BCUT2D eigenvalue weighted by Gasteiger charge is 2.34. The molecule has 45 heavy (non-hydrogen) atoms. The van der Waals surface area contributed by atoms with E-state index in [1.54, 1.807) is 30.3 Å². The minimum Gasteiger partial charge on any atom is -0.354 e. The van der Waals surface area contributed by atoms with Crippen molar-refractivity contribution < 1.29 is 18.0 Å². The van der Waals surface area contributed by atoms with Crippen LogP contribution in [0.4, 0.5) is 5.69 Å². The van der Waals surface area contributed by atoms with Gasteiger partial charge in [0.25, 0.3) is 10.0 Å². The summed E-state index contributed by atoms with van der Waals surface area (Å²) in [7, 11) is -4.13. The van der Waals surface area contributed by atoms with Gasteiger partial charge in [0.1, 0.15) is 12.6 Å².